The molecule has 0 saturated carbocycles. The molecule has 0 fully saturated rings. The molecule has 0 amide bonds. The second-order valence-corrected chi connectivity index (χ2v) is 13.9. The van der Waals surface area contributed by atoms with Crippen LogP contribution in [0.4, 0.5) is 0 Å². The highest BCUT2D eigenvalue weighted by molar-refractivity contribution is 6.31. The Labute approximate surface area is 302 Å². The van der Waals surface area contributed by atoms with Gasteiger partial charge in [0.25, 0.3) is 0 Å². The van der Waals surface area contributed by atoms with Gasteiger partial charge < -0.3 is 13.3 Å². The second-order valence-electron chi connectivity index (χ2n) is 13.9. The van der Waals surface area contributed by atoms with Crippen LogP contribution in [0.25, 0.3) is 121 Å². The van der Waals surface area contributed by atoms with Gasteiger partial charge in [0, 0.05) is 43.6 Å². The van der Waals surface area contributed by atoms with Crippen LogP contribution in [-0.4, -0.2) is 0 Å². The average molecular weight is 677 g/mol. The van der Waals surface area contributed by atoms with Gasteiger partial charge in [-0.15, -0.1) is 0 Å². The molecule has 0 aliphatic rings. The number of furan rings is 3. The van der Waals surface area contributed by atoms with Gasteiger partial charge in [0.1, 0.15) is 27.9 Å². The van der Waals surface area contributed by atoms with Gasteiger partial charge >= 0.3 is 0 Å². The Balaban J connectivity index is 1.25. The van der Waals surface area contributed by atoms with Crippen LogP contribution in [0.5, 0.6) is 0 Å². The predicted octanol–water partition coefficient (Wildman–Crippen LogP) is 14.7. The summed E-state index contributed by atoms with van der Waals surface area (Å²) in [6, 6.07) is 57.9. The zero-order chi connectivity index (χ0) is 34.6. The summed E-state index contributed by atoms with van der Waals surface area (Å²) in [5, 5.41) is 12.4. The Hall–Kier alpha value is -7.10. The first-order valence-electron chi connectivity index (χ1n) is 18.0. The molecule has 0 saturated heterocycles. The average Bonchev–Trinajstić information content (AvgIpc) is 3.93. The highest BCUT2D eigenvalue weighted by Crippen LogP contribution is 2.51. The summed E-state index contributed by atoms with van der Waals surface area (Å²) in [6.45, 7) is 0. The molecule has 3 heteroatoms. The molecule has 0 aliphatic carbocycles. The lowest BCUT2D eigenvalue weighted by Crippen LogP contribution is -1.92. The Morgan fingerprint density at radius 3 is 1.49 bits per heavy atom. The van der Waals surface area contributed by atoms with E-state index in [1.807, 2.05) is 24.5 Å². The molecular formula is C50H28O3. The number of fused-ring (bicyclic) bond motifs is 11. The van der Waals surface area contributed by atoms with Gasteiger partial charge in [0.2, 0.25) is 0 Å². The maximum Gasteiger partial charge on any atom is 0.143 e. The van der Waals surface area contributed by atoms with Crippen LogP contribution in [-0.2, 0) is 0 Å². The van der Waals surface area contributed by atoms with Crippen molar-refractivity contribution in [2.75, 3.05) is 0 Å². The maximum atomic E-state index is 6.82. The summed E-state index contributed by atoms with van der Waals surface area (Å²) in [6.07, 6.45) is 1.95. The first-order valence-corrected chi connectivity index (χ1v) is 18.0. The van der Waals surface area contributed by atoms with Gasteiger partial charge in [0.05, 0.1) is 6.26 Å². The summed E-state index contributed by atoms with van der Waals surface area (Å²) in [4.78, 5) is 0. The number of para-hydroxylation sites is 2. The quantitative estimate of drug-likeness (QED) is 0.175. The van der Waals surface area contributed by atoms with E-state index in [2.05, 4.69) is 146 Å². The molecule has 246 valence electrons. The summed E-state index contributed by atoms with van der Waals surface area (Å²) in [5.41, 5.74) is 11.0. The summed E-state index contributed by atoms with van der Waals surface area (Å²) >= 11 is 0. The van der Waals surface area contributed by atoms with Crippen molar-refractivity contribution in [2.24, 2.45) is 0 Å². The summed E-state index contributed by atoms with van der Waals surface area (Å²) in [5.74, 6) is 0. The molecule has 9 aromatic carbocycles. The molecule has 3 aromatic heterocycles. The second kappa shape index (κ2) is 10.7. The van der Waals surface area contributed by atoms with E-state index >= 15 is 0 Å². The predicted molar refractivity (Wildman–Crippen MR) is 220 cm³/mol. The van der Waals surface area contributed by atoms with Crippen LogP contribution < -0.4 is 0 Å². The Morgan fingerprint density at radius 2 is 0.792 bits per heavy atom. The zero-order valence-electron chi connectivity index (χ0n) is 28.4. The van der Waals surface area contributed by atoms with Gasteiger partial charge in [-0.3, -0.25) is 0 Å². The fraction of sp³-hybridized carbons (Fsp3) is 0. The molecule has 0 bridgehead atoms. The smallest absolute Gasteiger partial charge is 0.143 e. The molecule has 12 rings (SSSR count). The Bertz CT molecular complexity index is 3400. The van der Waals surface area contributed by atoms with Crippen molar-refractivity contribution in [1.29, 1.82) is 0 Å². The normalized spacial score (nSPS) is 12.2. The Kier molecular flexibility index (Phi) is 5.77. The molecule has 0 aliphatic heterocycles. The van der Waals surface area contributed by atoms with Crippen molar-refractivity contribution < 1.29 is 13.3 Å². The number of benzene rings is 9. The largest absolute Gasteiger partial charge is 0.463 e. The fourth-order valence-corrected chi connectivity index (χ4v) is 8.96. The van der Waals surface area contributed by atoms with Crippen LogP contribution >= 0.6 is 0 Å². The molecule has 0 N–H and O–H groups in total. The van der Waals surface area contributed by atoms with Crippen LogP contribution in [0.2, 0.25) is 0 Å². The van der Waals surface area contributed by atoms with E-state index in [1.54, 1.807) is 0 Å². The van der Waals surface area contributed by atoms with Gasteiger partial charge in [-0.2, -0.15) is 0 Å². The molecule has 3 nitrogen and oxygen atoms in total. The molecule has 3 heterocycles. The molecule has 0 unspecified atom stereocenters. The molecule has 0 radical (unpaired) electrons. The molecular weight excluding hydrogens is 649 g/mol. The van der Waals surface area contributed by atoms with Crippen molar-refractivity contribution in [3.63, 3.8) is 0 Å². The highest BCUT2D eigenvalue weighted by atomic mass is 16.3. The standard InChI is InChI=1S/C50H28O3/c1-2-15-30-29(13-1)14-11-22-31(30)40-28-51-50-39(27-44-48(49(40)50)37-21-8-10-25-42(37)53-44)46-34-18-5-3-16-32(34)45(33-17-4-6-19-35(33)46)38-23-12-26-43-47(38)36-20-7-9-24-41(36)52-43/h1-28H. The number of rotatable bonds is 3. The van der Waals surface area contributed by atoms with Gasteiger partial charge in [-0.25, -0.2) is 0 Å². The van der Waals surface area contributed by atoms with E-state index < -0.39 is 0 Å². The van der Waals surface area contributed by atoms with E-state index in [0.717, 1.165) is 104 Å². The lowest BCUT2D eigenvalue weighted by molar-refractivity contribution is 0.617. The van der Waals surface area contributed by atoms with Gasteiger partial charge in [0.15, 0.2) is 0 Å². The lowest BCUT2D eigenvalue weighted by Gasteiger charge is -2.18. The third-order valence-corrected chi connectivity index (χ3v) is 11.1. The minimum absolute atomic E-state index is 0.837. The van der Waals surface area contributed by atoms with E-state index in [-0.39, 0.29) is 0 Å². The first kappa shape index (κ1) is 28.6. The molecule has 0 spiro atoms. The topological polar surface area (TPSA) is 39.4 Å². The van der Waals surface area contributed by atoms with Crippen molar-refractivity contribution in [1.82, 2.24) is 0 Å². The Morgan fingerprint density at radius 1 is 0.302 bits per heavy atom. The SMILES string of the molecule is c1ccc2c(-c3coc4c(-c5c6ccccc6c(-c6cccc7oc8ccccc8c67)c6ccccc56)cc5oc6ccccc6c5c34)cccc2c1. The summed E-state index contributed by atoms with van der Waals surface area (Å²) in [7, 11) is 0. The van der Waals surface area contributed by atoms with Crippen LogP contribution in [0.15, 0.2) is 183 Å². The third kappa shape index (κ3) is 3.94. The summed E-state index contributed by atoms with van der Waals surface area (Å²) < 4.78 is 19.9. The van der Waals surface area contributed by atoms with Crippen molar-refractivity contribution in [2.45, 2.75) is 0 Å². The van der Waals surface area contributed by atoms with Gasteiger partial charge in [-0.1, -0.05) is 140 Å². The van der Waals surface area contributed by atoms with Crippen LogP contribution in [0, 0.1) is 0 Å². The van der Waals surface area contributed by atoms with E-state index in [0.29, 0.717) is 0 Å². The minimum Gasteiger partial charge on any atom is -0.463 e. The molecule has 0 atom stereocenters. The fourth-order valence-electron chi connectivity index (χ4n) is 8.96. The molecule has 12 aromatic rings. The van der Waals surface area contributed by atoms with Crippen molar-refractivity contribution in [3.05, 3.63) is 170 Å². The van der Waals surface area contributed by atoms with Crippen molar-refractivity contribution >= 4 is 87.2 Å². The highest BCUT2D eigenvalue weighted by Gasteiger charge is 2.26. The molecule has 53 heavy (non-hydrogen) atoms. The van der Waals surface area contributed by atoms with Crippen LogP contribution in [0.3, 0.4) is 0 Å². The minimum atomic E-state index is 0.837. The maximum absolute atomic E-state index is 6.82. The number of hydrogen-bond donors (Lipinski definition) is 0. The van der Waals surface area contributed by atoms with Gasteiger partial charge in [-0.05, 0) is 73.3 Å². The third-order valence-electron chi connectivity index (χ3n) is 11.1. The number of hydrogen-bond acceptors (Lipinski definition) is 3. The van der Waals surface area contributed by atoms with Crippen LogP contribution in [0.1, 0.15) is 0 Å². The van der Waals surface area contributed by atoms with E-state index in [9.17, 15) is 0 Å². The van der Waals surface area contributed by atoms with E-state index in [1.165, 1.54) is 16.3 Å². The zero-order valence-corrected chi connectivity index (χ0v) is 28.4. The van der Waals surface area contributed by atoms with Crippen molar-refractivity contribution in [3.8, 4) is 33.4 Å². The first-order chi connectivity index (χ1) is 26.3. The monoisotopic (exact) mass is 676 g/mol. The van der Waals surface area contributed by atoms with E-state index in [4.69, 9.17) is 13.3 Å². The lowest BCUT2D eigenvalue weighted by atomic mass is 9.84.